The Balaban J connectivity index is 1.41. The first-order chi connectivity index (χ1) is 16.6. The molecule has 1 aromatic heterocycles. The molecule has 1 aromatic carbocycles. The number of piperidine rings is 1. The van der Waals surface area contributed by atoms with Crippen LogP contribution < -0.4 is 11.0 Å². The fourth-order valence-electron chi connectivity index (χ4n) is 5.23. The summed E-state index contributed by atoms with van der Waals surface area (Å²) in [5.41, 5.74) is -1.65. The Morgan fingerprint density at radius 1 is 1.17 bits per heavy atom. The number of carbonyl (C=O) groups is 1. The zero-order valence-electron chi connectivity index (χ0n) is 22.2. The van der Waals surface area contributed by atoms with Crippen molar-refractivity contribution in [3.8, 4) is 0 Å². The molecule has 3 aliphatic rings. The van der Waals surface area contributed by atoms with E-state index in [4.69, 9.17) is 14.0 Å². The van der Waals surface area contributed by atoms with Crippen molar-refractivity contribution in [3.63, 3.8) is 0 Å². The van der Waals surface area contributed by atoms with Gasteiger partial charge in [0.1, 0.15) is 16.8 Å². The minimum Gasteiger partial charge on any atom is -0.444 e. The van der Waals surface area contributed by atoms with E-state index in [1.807, 2.05) is 53.4 Å². The van der Waals surface area contributed by atoms with Crippen molar-refractivity contribution in [2.24, 2.45) is 0 Å². The van der Waals surface area contributed by atoms with Crippen LogP contribution in [0.25, 0.3) is 10.9 Å². The maximum absolute atomic E-state index is 15.3. The van der Waals surface area contributed by atoms with Gasteiger partial charge in [0.15, 0.2) is 0 Å². The molecule has 10 heteroatoms. The molecule has 8 nitrogen and oxygen atoms in total. The van der Waals surface area contributed by atoms with Crippen molar-refractivity contribution in [1.29, 1.82) is 0 Å². The number of halogens is 1. The lowest BCUT2D eigenvalue weighted by atomic mass is 9.78. The fourth-order valence-corrected chi connectivity index (χ4v) is 5.23. The summed E-state index contributed by atoms with van der Waals surface area (Å²) < 4.78 is 34.6. The molecule has 1 amide bonds. The highest BCUT2D eigenvalue weighted by atomic mass is 19.1. The van der Waals surface area contributed by atoms with Crippen LogP contribution in [0.15, 0.2) is 23.3 Å². The Hall–Kier alpha value is -2.46. The van der Waals surface area contributed by atoms with Gasteiger partial charge in [-0.1, -0.05) is 0 Å². The first-order valence-corrected chi connectivity index (χ1v) is 12.7. The number of hydrogen-bond donors (Lipinski definition) is 0. The summed E-state index contributed by atoms with van der Waals surface area (Å²) in [6.45, 7) is 13.8. The minimum absolute atomic E-state index is 0.0443. The molecule has 36 heavy (non-hydrogen) atoms. The van der Waals surface area contributed by atoms with Crippen LogP contribution in [0.5, 0.6) is 0 Å². The molecule has 1 saturated carbocycles. The van der Waals surface area contributed by atoms with E-state index in [0.717, 1.165) is 12.8 Å². The van der Waals surface area contributed by atoms with Gasteiger partial charge in [-0.25, -0.2) is 14.2 Å². The second-order valence-electron chi connectivity index (χ2n) is 12.4. The predicted octanol–water partition coefficient (Wildman–Crippen LogP) is 3.94. The van der Waals surface area contributed by atoms with Crippen LogP contribution in [-0.4, -0.2) is 56.5 Å². The molecular formula is C26H35BFN3O5. The van der Waals surface area contributed by atoms with Crippen molar-refractivity contribution in [3.05, 3.63) is 34.6 Å². The lowest BCUT2D eigenvalue weighted by Crippen LogP contribution is -2.50. The molecular weight excluding hydrogens is 464 g/mol. The van der Waals surface area contributed by atoms with Gasteiger partial charge < -0.3 is 18.9 Å². The maximum Gasteiger partial charge on any atom is 0.495 e. The molecule has 0 bridgehead atoms. The van der Waals surface area contributed by atoms with Crippen molar-refractivity contribution in [2.45, 2.75) is 103 Å². The highest BCUT2D eigenvalue weighted by Gasteiger charge is 2.55. The topological polar surface area (TPSA) is 82.9 Å². The predicted molar refractivity (Wildman–Crippen MR) is 135 cm³/mol. The van der Waals surface area contributed by atoms with Gasteiger partial charge in [0, 0.05) is 18.1 Å². The molecule has 3 fully saturated rings. The van der Waals surface area contributed by atoms with Gasteiger partial charge in [-0.15, -0.1) is 0 Å². The summed E-state index contributed by atoms with van der Waals surface area (Å²) in [7, 11) is -0.745. The number of ether oxygens (including phenoxy) is 1. The molecule has 0 N–H and O–H groups in total. The summed E-state index contributed by atoms with van der Waals surface area (Å²) in [6.07, 6.45) is 4.11. The lowest BCUT2D eigenvalue weighted by molar-refractivity contribution is 0.000450. The van der Waals surface area contributed by atoms with Gasteiger partial charge >= 0.3 is 13.2 Å². The van der Waals surface area contributed by atoms with Crippen molar-refractivity contribution in [1.82, 2.24) is 14.5 Å². The van der Waals surface area contributed by atoms with Crippen LogP contribution in [-0.2, 0) is 14.0 Å². The Kier molecular flexibility index (Phi) is 5.62. The summed E-state index contributed by atoms with van der Waals surface area (Å²) in [5.74, 6) is -0.642. The van der Waals surface area contributed by atoms with Gasteiger partial charge in [0.2, 0.25) is 0 Å². The molecule has 3 heterocycles. The van der Waals surface area contributed by atoms with Gasteiger partial charge in [0.25, 0.3) is 5.56 Å². The number of benzene rings is 1. The molecule has 1 unspecified atom stereocenters. The van der Waals surface area contributed by atoms with Crippen molar-refractivity contribution in [2.75, 3.05) is 6.54 Å². The average Bonchev–Trinajstić information content (AvgIpc) is 3.45. The number of amides is 1. The minimum atomic E-state index is -0.745. The van der Waals surface area contributed by atoms with E-state index in [1.54, 1.807) is 6.07 Å². The number of fused-ring (bicyclic) bond motifs is 1. The standard InChI is InChI=1S/C26H35BFN3O5/c1-23(2,3)34-22(33)31-11-8-17(14-26(31)9-10-26)30-15-29-19-13-16(12-18(28)20(19)21(30)32)27-35-24(4,5)25(6,7)36-27/h12-13,15,17H,8-11,14H2,1-7H3. The normalized spacial score (nSPS) is 24.4. The lowest BCUT2D eigenvalue weighted by Gasteiger charge is -2.41. The monoisotopic (exact) mass is 499 g/mol. The summed E-state index contributed by atoms with van der Waals surface area (Å²) in [6, 6.07) is 2.81. The molecule has 5 rings (SSSR count). The zero-order chi connectivity index (χ0) is 26.3. The van der Waals surface area contributed by atoms with E-state index in [1.165, 1.54) is 17.0 Å². The second kappa shape index (κ2) is 8.02. The van der Waals surface area contributed by atoms with Crippen LogP contribution in [0.4, 0.5) is 9.18 Å². The van der Waals surface area contributed by atoms with E-state index in [9.17, 15) is 9.59 Å². The van der Waals surface area contributed by atoms with E-state index in [-0.39, 0.29) is 28.6 Å². The highest BCUT2D eigenvalue weighted by Crippen LogP contribution is 2.51. The van der Waals surface area contributed by atoms with E-state index in [2.05, 4.69) is 4.98 Å². The molecule has 2 saturated heterocycles. The van der Waals surface area contributed by atoms with Gasteiger partial charge in [-0.05, 0) is 91.7 Å². The molecule has 2 aromatic rings. The van der Waals surface area contributed by atoms with Crippen LogP contribution in [0, 0.1) is 5.82 Å². The number of nitrogens with zero attached hydrogens (tertiary/aromatic N) is 3. The Labute approximate surface area is 211 Å². The number of aromatic nitrogens is 2. The third kappa shape index (κ3) is 4.22. The summed E-state index contributed by atoms with van der Waals surface area (Å²) in [5, 5.41) is -0.0443. The first kappa shape index (κ1) is 25.2. The molecule has 1 aliphatic carbocycles. The zero-order valence-corrected chi connectivity index (χ0v) is 22.2. The smallest absolute Gasteiger partial charge is 0.444 e. The fraction of sp³-hybridized carbons (Fsp3) is 0.654. The second-order valence-corrected chi connectivity index (χ2v) is 12.4. The third-order valence-electron chi connectivity index (χ3n) is 8.10. The molecule has 2 aliphatic heterocycles. The number of rotatable bonds is 2. The average molecular weight is 499 g/mol. The van der Waals surface area contributed by atoms with Crippen molar-refractivity contribution >= 4 is 29.6 Å². The number of carbonyl (C=O) groups excluding carboxylic acids is 1. The first-order valence-electron chi connectivity index (χ1n) is 12.7. The van der Waals surface area contributed by atoms with Gasteiger partial charge in [0.05, 0.1) is 23.0 Å². The van der Waals surface area contributed by atoms with E-state index in [0.29, 0.717) is 24.8 Å². The highest BCUT2D eigenvalue weighted by molar-refractivity contribution is 6.62. The van der Waals surface area contributed by atoms with Crippen molar-refractivity contribution < 1.29 is 23.2 Å². The van der Waals surface area contributed by atoms with Gasteiger partial charge in [-0.3, -0.25) is 9.36 Å². The van der Waals surface area contributed by atoms with E-state index < -0.39 is 35.3 Å². The Morgan fingerprint density at radius 2 is 1.81 bits per heavy atom. The van der Waals surface area contributed by atoms with Crippen LogP contribution in [0.1, 0.15) is 80.2 Å². The SMILES string of the molecule is CC(C)(C)OC(=O)N1CCC(n2cnc3cc(B4OC(C)(C)C(C)(C)O4)cc(F)c3c2=O)CC12CC2. The number of hydrogen-bond acceptors (Lipinski definition) is 6. The van der Waals surface area contributed by atoms with Crippen LogP contribution in [0.2, 0.25) is 0 Å². The molecule has 1 spiro atoms. The van der Waals surface area contributed by atoms with Crippen LogP contribution >= 0.6 is 0 Å². The maximum atomic E-state index is 15.3. The Morgan fingerprint density at radius 3 is 2.39 bits per heavy atom. The molecule has 1 atom stereocenters. The largest absolute Gasteiger partial charge is 0.495 e. The Bertz CT molecular complexity index is 1260. The summed E-state index contributed by atoms with van der Waals surface area (Å²) >= 11 is 0. The quantitative estimate of drug-likeness (QED) is 0.583. The van der Waals surface area contributed by atoms with Gasteiger partial charge in [-0.2, -0.15) is 0 Å². The molecule has 0 radical (unpaired) electrons. The number of likely N-dealkylation sites (tertiary alicyclic amines) is 1. The third-order valence-corrected chi connectivity index (χ3v) is 8.10. The summed E-state index contributed by atoms with van der Waals surface area (Å²) in [4.78, 5) is 32.5. The van der Waals surface area contributed by atoms with Crippen LogP contribution in [0.3, 0.4) is 0 Å². The molecule has 194 valence electrons. The van der Waals surface area contributed by atoms with E-state index >= 15 is 4.39 Å².